The fourth-order valence-electron chi connectivity index (χ4n) is 3.51. The van der Waals surface area contributed by atoms with Gasteiger partial charge in [0.15, 0.2) is 5.82 Å². The molecular formula is C20H16BrN7O3. The first-order chi connectivity index (χ1) is 15.1. The van der Waals surface area contributed by atoms with Gasteiger partial charge in [0.1, 0.15) is 35.9 Å². The van der Waals surface area contributed by atoms with E-state index in [9.17, 15) is 9.59 Å². The first kappa shape index (κ1) is 19.4. The number of benzene rings is 1. The fourth-order valence-corrected chi connectivity index (χ4v) is 3.89. The zero-order chi connectivity index (χ0) is 21.4. The van der Waals surface area contributed by atoms with Gasteiger partial charge >= 0.3 is 5.63 Å². The maximum atomic E-state index is 13.0. The average Bonchev–Trinajstić information content (AvgIpc) is 3.34. The second kappa shape index (κ2) is 7.91. The number of fused-ring (bicyclic) bond motifs is 1. The van der Waals surface area contributed by atoms with Gasteiger partial charge in [-0.05, 0) is 24.3 Å². The molecule has 1 fully saturated rings. The Bertz CT molecular complexity index is 1310. The SMILES string of the molecule is O=C(c1cc2cc(Br)ccc2oc1=O)N1CCN(c2cc(-n3cncn3)ncn2)CC1. The Morgan fingerprint density at radius 3 is 2.58 bits per heavy atom. The molecule has 4 heterocycles. The van der Waals surface area contributed by atoms with Crippen LogP contribution in [0.5, 0.6) is 0 Å². The van der Waals surface area contributed by atoms with Crippen LogP contribution < -0.4 is 10.5 Å². The minimum atomic E-state index is -0.629. The third kappa shape index (κ3) is 3.79. The standard InChI is InChI=1S/C20H16BrN7O3/c21-14-1-2-16-13(7-14)8-15(20(30)31-16)19(29)27-5-3-26(4-6-27)17-9-18(24-11-23-17)28-12-22-10-25-28/h1-2,7-12H,3-6H2. The highest BCUT2D eigenvalue weighted by Gasteiger charge is 2.25. The zero-order valence-corrected chi connectivity index (χ0v) is 17.8. The van der Waals surface area contributed by atoms with E-state index in [4.69, 9.17) is 4.42 Å². The van der Waals surface area contributed by atoms with Gasteiger partial charge in [0.25, 0.3) is 5.91 Å². The lowest BCUT2D eigenvalue weighted by molar-refractivity contribution is 0.0742. The minimum Gasteiger partial charge on any atom is -0.422 e. The van der Waals surface area contributed by atoms with Crippen molar-refractivity contribution >= 4 is 38.6 Å². The van der Waals surface area contributed by atoms with E-state index in [0.29, 0.717) is 43.0 Å². The number of amides is 1. The second-order valence-corrected chi connectivity index (χ2v) is 7.90. The van der Waals surface area contributed by atoms with Crippen LogP contribution in [0.3, 0.4) is 0 Å². The fraction of sp³-hybridized carbons (Fsp3) is 0.200. The van der Waals surface area contributed by atoms with E-state index >= 15 is 0 Å². The van der Waals surface area contributed by atoms with Crippen molar-refractivity contribution in [2.45, 2.75) is 0 Å². The Morgan fingerprint density at radius 2 is 1.81 bits per heavy atom. The van der Waals surface area contributed by atoms with Gasteiger partial charge in [-0.15, -0.1) is 0 Å². The molecule has 1 amide bonds. The molecule has 0 radical (unpaired) electrons. The number of carbonyl (C=O) groups is 1. The number of aromatic nitrogens is 5. The van der Waals surface area contributed by atoms with E-state index in [-0.39, 0.29) is 11.5 Å². The summed E-state index contributed by atoms with van der Waals surface area (Å²) in [6, 6.07) is 8.71. The predicted molar refractivity (Wildman–Crippen MR) is 115 cm³/mol. The number of nitrogens with zero attached hydrogens (tertiary/aromatic N) is 7. The normalized spacial score (nSPS) is 14.2. The van der Waals surface area contributed by atoms with E-state index < -0.39 is 5.63 Å². The number of halogens is 1. The monoisotopic (exact) mass is 481 g/mol. The molecule has 0 saturated carbocycles. The first-order valence-corrected chi connectivity index (χ1v) is 10.3. The van der Waals surface area contributed by atoms with Crippen LogP contribution in [0.25, 0.3) is 16.8 Å². The molecule has 1 saturated heterocycles. The maximum absolute atomic E-state index is 13.0. The lowest BCUT2D eigenvalue weighted by Crippen LogP contribution is -2.49. The molecule has 5 rings (SSSR count). The van der Waals surface area contributed by atoms with Crippen LogP contribution in [0.4, 0.5) is 5.82 Å². The van der Waals surface area contributed by atoms with Gasteiger partial charge in [0.05, 0.1) is 0 Å². The molecule has 0 unspecified atom stereocenters. The number of anilines is 1. The summed E-state index contributed by atoms with van der Waals surface area (Å²) in [5.74, 6) is 1.02. The predicted octanol–water partition coefficient (Wildman–Crippen LogP) is 1.89. The van der Waals surface area contributed by atoms with E-state index in [1.807, 2.05) is 12.1 Å². The molecule has 0 spiro atoms. The molecule has 31 heavy (non-hydrogen) atoms. The molecule has 10 nitrogen and oxygen atoms in total. The van der Waals surface area contributed by atoms with Crippen molar-refractivity contribution in [1.82, 2.24) is 29.6 Å². The van der Waals surface area contributed by atoms with Crippen molar-refractivity contribution in [2.75, 3.05) is 31.1 Å². The van der Waals surface area contributed by atoms with Gasteiger partial charge in [-0.3, -0.25) is 4.79 Å². The molecule has 0 atom stereocenters. The van der Waals surface area contributed by atoms with Gasteiger partial charge in [-0.25, -0.2) is 24.4 Å². The molecule has 0 aliphatic carbocycles. The molecule has 11 heteroatoms. The Labute approximate surface area is 184 Å². The molecule has 156 valence electrons. The average molecular weight is 482 g/mol. The number of rotatable bonds is 3. The molecule has 1 aliphatic heterocycles. The molecular weight excluding hydrogens is 466 g/mol. The third-order valence-electron chi connectivity index (χ3n) is 5.11. The van der Waals surface area contributed by atoms with Gasteiger partial charge < -0.3 is 14.2 Å². The van der Waals surface area contributed by atoms with Gasteiger partial charge in [0.2, 0.25) is 0 Å². The van der Waals surface area contributed by atoms with Gasteiger partial charge in [-0.2, -0.15) is 5.10 Å². The second-order valence-electron chi connectivity index (χ2n) is 6.98. The highest BCUT2D eigenvalue weighted by atomic mass is 79.9. The van der Waals surface area contributed by atoms with Crippen LogP contribution in [0.1, 0.15) is 10.4 Å². The summed E-state index contributed by atoms with van der Waals surface area (Å²) in [6.07, 6.45) is 4.48. The van der Waals surface area contributed by atoms with Crippen LogP contribution in [-0.4, -0.2) is 61.7 Å². The van der Waals surface area contributed by atoms with Crippen molar-refractivity contribution in [3.63, 3.8) is 0 Å². The zero-order valence-electron chi connectivity index (χ0n) is 16.2. The Hall–Kier alpha value is -3.60. The summed E-state index contributed by atoms with van der Waals surface area (Å²) in [4.78, 5) is 41.6. The third-order valence-corrected chi connectivity index (χ3v) is 5.60. The molecule has 1 aliphatic rings. The van der Waals surface area contributed by atoms with Crippen LogP contribution in [0.2, 0.25) is 0 Å². The largest absolute Gasteiger partial charge is 0.422 e. The lowest BCUT2D eigenvalue weighted by atomic mass is 10.1. The van der Waals surface area contributed by atoms with Crippen molar-refractivity contribution in [1.29, 1.82) is 0 Å². The smallest absolute Gasteiger partial charge is 0.349 e. The summed E-state index contributed by atoms with van der Waals surface area (Å²) in [6.45, 7) is 2.06. The summed E-state index contributed by atoms with van der Waals surface area (Å²) in [5.41, 5.74) is -0.147. The molecule has 4 aromatic rings. The van der Waals surface area contributed by atoms with Crippen molar-refractivity contribution in [2.24, 2.45) is 0 Å². The van der Waals surface area contributed by atoms with Gasteiger partial charge in [-0.1, -0.05) is 15.9 Å². The van der Waals surface area contributed by atoms with Crippen LogP contribution in [0.15, 0.2) is 63.0 Å². The number of hydrogen-bond acceptors (Lipinski definition) is 8. The minimum absolute atomic E-state index is 0.0366. The molecule has 3 aromatic heterocycles. The highest BCUT2D eigenvalue weighted by Crippen LogP contribution is 2.21. The molecule has 0 N–H and O–H groups in total. The van der Waals surface area contributed by atoms with Crippen LogP contribution in [0, 0.1) is 0 Å². The van der Waals surface area contributed by atoms with Crippen LogP contribution >= 0.6 is 15.9 Å². The summed E-state index contributed by atoms with van der Waals surface area (Å²) in [5, 5.41) is 4.77. The van der Waals surface area contributed by atoms with Gasteiger partial charge in [0, 0.05) is 42.1 Å². The molecule has 1 aromatic carbocycles. The van der Waals surface area contributed by atoms with Crippen LogP contribution in [-0.2, 0) is 0 Å². The van der Waals surface area contributed by atoms with Crippen molar-refractivity contribution < 1.29 is 9.21 Å². The Kier molecular flexibility index (Phi) is 4.94. The van der Waals surface area contributed by atoms with E-state index in [2.05, 4.69) is 40.9 Å². The quantitative estimate of drug-likeness (QED) is 0.408. The summed E-state index contributed by atoms with van der Waals surface area (Å²) < 4.78 is 7.74. The summed E-state index contributed by atoms with van der Waals surface area (Å²) >= 11 is 3.40. The first-order valence-electron chi connectivity index (χ1n) is 9.53. The maximum Gasteiger partial charge on any atom is 0.349 e. The number of piperazine rings is 1. The Morgan fingerprint density at radius 1 is 1.00 bits per heavy atom. The molecule has 0 bridgehead atoms. The van der Waals surface area contributed by atoms with E-state index in [1.165, 1.54) is 12.7 Å². The lowest BCUT2D eigenvalue weighted by Gasteiger charge is -2.35. The van der Waals surface area contributed by atoms with Crippen molar-refractivity contribution in [3.05, 3.63) is 69.8 Å². The number of hydrogen-bond donors (Lipinski definition) is 0. The Balaban J connectivity index is 1.32. The van der Waals surface area contributed by atoms with Crippen molar-refractivity contribution in [3.8, 4) is 5.82 Å². The topological polar surface area (TPSA) is 110 Å². The van der Waals surface area contributed by atoms with E-state index in [0.717, 1.165) is 10.3 Å². The van der Waals surface area contributed by atoms with E-state index in [1.54, 1.807) is 34.1 Å². The summed E-state index contributed by atoms with van der Waals surface area (Å²) in [7, 11) is 0. The number of carbonyl (C=O) groups excluding carboxylic acids is 1. The highest BCUT2D eigenvalue weighted by molar-refractivity contribution is 9.10.